The van der Waals surface area contributed by atoms with E-state index in [1.807, 2.05) is 6.07 Å². The zero-order valence-electron chi connectivity index (χ0n) is 13.9. The molecule has 0 bridgehead atoms. The van der Waals surface area contributed by atoms with Gasteiger partial charge < -0.3 is 9.64 Å². The van der Waals surface area contributed by atoms with Crippen molar-refractivity contribution in [3.05, 3.63) is 35.4 Å². The van der Waals surface area contributed by atoms with E-state index in [2.05, 4.69) is 64.8 Å². The Hall–Kier alpha value is -1.44. The third-order valence-corrected chi connectivity index (χ3v) is 4.02. The van der Waals surface area contributed by atoms with Gasteiger partial charge >= 0.3 is 0 Å². The minimum absolute atomic E-state index is 0.159. The average Bonchev–Trinajstić information content (AvgIpc) is 2.58. The van der Waals surface area contributed by atoms with Crippen molar-refractivity contribution < 1.29 is 4.74 Å². The van der Waals surface area contributed by atoms with Gasteiger partial charge in [0.05, 0.1) is 7.11 Å². The fraction of sp³-hybridized carbons (Fsp3) is 0.556. The highest BCUT2D eigenvalue weighted by Gasteiger charge is 2.41. The van der Waals surface area contributed by atoms with Crippen LogP contribution in [-0.4, -0.2) is 25.6 Å². The van der Waals surface area contributed by atoms with Gasteiger partial charge in [0.25, 0.3) is 0 Å². The summed E-state index contributed by atoms with van der Waals surface area (Å²) in [5.74, 6) is 0.918. The Morgan fingerprint density at radius 2 is 1.85 bits per heavy atom. The molecule has 0 atom stereocenters. The first-order valence-corrected chi connectivity index (χ1v) is 7.27. The molecule has 0 saturated carbocycles. The third kappa shape index (κ3) is 2.56. The van der Waals surface area contributed by atoms with E-state index in [-0.39, 0.29) is 10.8 Å². The molecule has 0 aliphatic carbocycles. The van der Waals surface area contributed by atoms with Gasteiger partial charge in [-0.2, -0.15) is 0 Å². The molecule has 1 aliphatic heterocycles. The lowest BCUT2D eigenvalue weighted by molar-refractivity contribution is 0.315. The Kier molecular flexibility index (Phi) is 3.62. The van der Waals surface area contributed by atoms with Crippen LogP contribution in [0.1, 0.15) is 40.2 Å². The summed E-state index contributed by atoms with van der Waals surface area (Å²) in [4.78, 5) is 2.38. The number of ether oxygens (including phenoxy) is 1. The van der Waals surface area contributed by atoms with Crippen LogP contribution in [0, 0.1) is 10.8 Å². The number of nitrogens with zero attached hydrogens (tertiary/aromatic N) is 1. The van der Waals surface area contributed by atoms with Gasteiger partial charge in [-0.05, 0) is 23.1 Å². The molecular weight excluding hydrogens is 246 g/mol. The van der Waals surface area contributed by atoms with Crippen LogP contribution in [0.4, 0.5) is 0 Å². The highest BCUT2D eigenvalue weighted by atomic mass is 16.5. The average molecular weight is 273 g/mol. The second-order valence-corrected chi connectivity index (χ2v) is 7.45. The highest BCUT2D eigenvalue weighted by Crippen LogP contribution is 2.50. The van der Waals surface area contributed by atoms with Crippen molar-refractivity contribution >= 4 is 5.70 Å². The van der Waals surface area contributed by atoms with E-state index >= 15 is 0 Å². The Morgan fingerprint density at radius 3 is 2.40 bits per heavy atom. The molecule has 0 N–H and O–H groups in total. The number of hydrogen-bond donors (Lipinski definition) is 0. The molecule has 2 heteroatoms. The monoisotopic (exact) mass is 273 g/mol. The van der Waals surface area contributed by atoms with E-state index < -0.39 is 0 Å². The van der Waals surface area contributed by atoms with Gasteiger partial charge in [-0.15, -0.1) is 0 Å². The maximum Gasteiger partial charge on any atom is 0.119 e. The van der Waals surface area contributed by atoms with Gasteiger partial charge in [-0.25, -0.2) is 0 Å². The topological polar surface area (TPSA) is 12.5 Å². The summed E-state index contributed by atoms with van der Waals surface area (Å²) in [6.45, 7) is 12.7. The maximum absolute atomic E-state index is 5.38. The lowest BCUT2D eigenvalue weighted by Gasteiger charge is -2.32. The quantitative estimate of drug-likeness (QED) is 0.790. The van der Waals surface area contributed by atoms with Crippen molar-refractivity contribution in [3.63, 3.8) is 0 Å². The molecule has 0 fully saturated rings. The van der Waals surface area contributed by atoms with Crippen molar-refractivity contribution in [3.8, 4) is 5.75 Å². The lowest BCUT2D eigenvalue weighted by Crippen LogP contribution is -2.26. The van der Waals surface area contributed by atoms with Crippen molar-refractivity contribution in [2.75, 3.05) is 20.7 Å². The molecule has 2 nitrogen and oxygen atoms in total. The summed E-state index contributed by atoms with van der Waals surface area (Å²) < 4.78 is 5.38. The van der Waals surface area contributed by atoms with Gasteiger partial charge in [-0.1, -0.05) is 46.8 Å². The molecule has 1 aliphatic rings. The predicted molar refractivity (Wildman–Crippen MR) is 85.8 cm³/mol. The molecule has 0 unspecified atom stereocenters. The highest BCUT2D eigenvalue weighted by molar-refractivity contribution is 5.72. The first-order chi connectivity index (χ1) is 9.16. The zero-order chi connectivity index (χ0) is 15.1. The molecule has 110 valence electrons. The summed E-state index contributed by atoms with van der Waals surface area (Å²) in [5.41, 5.74) is 4.50. The van der Waals surface area contributed by atoms with Crippen LogP contribution >= 0.6 is 0 Å². The van der Waals surface area contributed by atoms with E-state index in [9.17, 15) is 0 Å². The van der Waals surface area contributed by atoms with E-state index in [4.69, 9.17) is 4.74 Å². The molecule has 0 saturated heterocycles. The summed E-state index contributed by atoms with van der Waals surface area (Å²) in [7, 11) is 3.91. The Labute approximate surface area is 123 Å². The molecule has 1 aromatic rings. The van der Waals surface area contributed by atoms with E-state index in [1.165, 1.54) is 16.8 Å². The van der Waals surface area contributed by atoms with Gasteiger partial charge in [0.1, 0.15) is 5.75 Å². The molecule has 0 amide bonds. The minimum Gasteiger partial charge on any atom is -0.497 e. The van der Waals surface area contributed by atoms with Gasteiger partial charge in [-0.3, -0.25) is 0 Å². The summed E-state index contributed by atoms with van der Waals surface area (Å²) in [6, 6.07) is 8.39. The van der Waals surface area contributed by atoms with Crippen molar-refractivity contribution in [1.82, 2.24) is 4.90 Å². The zero-order valence-corrected chi connectivity index (χ0v) is 13.9. The number of methoxy groups -OCH3 is 1. The number of rotatable bonds is 2. The van der Waals surface area contributed by atoms with Crippen LogP contribution < -0.4 is 4.74 Å². The standard InChI is InChI=1S/C18H27NO/c1-17(2,3)16-15(19(6)12-18(16,4)5)13-9-8-10-14(11-13)20-7/h8-11H,12H2,1-7H3. The van der Waals surface area contributed by atoms with E-state index in [0.29, 0.717) is 0 Å². The molecule has 0 aromatic heterocycles. The molecular formula is C18H27NO. The smallest absolute Gasteiger partial charge is 0.119 e. The van der Waals surface area contributed by atoms with Crippen LogP contribution in [-0.2, 0) is 0 Å². The van der Waals surface area contributed by atoms with Crippen LogP contribution in [0.25, 0.3) is 5.70 Å². The largest absolute Gasteiger partial charge is 0.497 e. The second-order valence-electron chi connectivity index (χ2n) is 7.45. The van der Waals surface area contributed by atoms with Crippen LogP contribution in [0.2, 0.25) is 0 Å². The summed E-state index contributed by atoms with van der Waals surface area (Å²) >= 11 is 0. The van der Waals surface area contributed by atoms with Gasteiger partial charge in [0.2, 0.25) is 0 Å². The molecule has 1 aromatic carbocycles. The van der Waals surface area contributed by atoms with Crippen LogP contribution in [0.5, 0.6) is 5.75 Å². The van der Waals surface area contributed by atoms with Crippen LogP contribution in [0.15, 0.2) is 29.8 Å². The molecule has 0 radical (unpaired) electrons. The van der Waals surface area contributed by atoms with E-state index in [1.54, 1.807) is 7.11 Å². The minimum atomic E-state index is 0.159. The first kappa shape index (κ1) is 15.0. The van der Waals surface area contributed by atoms with Crippen LogP contribution in [0.3, 0.4) is 0 Å². The molecule has 0 spiro atoms. The van der Waals surface area contributed by atoms with Crippen molar-refractivity contribution in [2.24, 2.45) is 10.8 Å². The SMILES string of the molecule is COc1cccc(C2=C(C(C)(C)C)C(C)(C)CN2C)c1. The third-order valence-electron chi connectivity index (χ3n) is 4.02. The molecule has 2 rings (SSSR count). The van der Waals surface area contributed by atoms with Crippen molar-refractivity contribution in [1.29, 1.82) is 0 Å². The fourth-order valence-corrected chi connectivity index (χ4v) is 3.77. The van der Waals surface area contributed by atoms with E-state index in [0.717, 1.165) is 12.3 Å². The molecule has 1 heterocycles. The summed E-state index contributed by atoms with van der Waals surface area (Å²) in [6.07, 6.45) is 0. The van der Waals surface area contributed by atoms with Crippen molar-refractivity contribution in [2.45, 2.75) is 34.6 Å². The first-order valence-electron chi connectivity index (χ1n) is 7.27. The van der Waals surface area contributed by atoms with Gasteiger partial charge in [0, 0.05) is 30.3 Å². The number of hydrogen-bond acceptors (Lipinski definition) is 2. The fourth-order valence-electron chi connectivity index (χ4n) is 3.77. The normalized spacial score (nSPS) is 18.6. The Balaban J connectivity index is 2.65. The summed E-state index contributed by atoms with van der Waals surface area (Å²) in [5, 5.41) is 0. The molecule has 20 heavy (non-hydrogen) atoms. The Morgan fingerprint density at radius 1 is 1.20 bits per heavy atom. The second kappa shape index (κ2) is 4.83. The number of benzene rings is 1. The van der Waals surface area contributed by atoms with Gasteiger partial charge in [0.15, 0.2) is 0 Å². The predicted octanol–water partition coefficient (Wildman–Crippen LogP) is 4.42. The maximum atomic E-state index is 5.38. The lowest BCUT2D eigenvalue weighted by atomic mass is 9.71. The Bertz CT molecular complexity index is 535.